The van der Waals surface area contributed by atoms with E-state index < -0.39 is 0 Å². The van der Waals surface area contributed by atoms with Gasteiger partial charge in [0.1, 0.15) is 5.82 Å². The molecule has 2 aromatic heterocycles. The van der Waals surface area contributed by atoms with Crippen molar-refractivity contribution < 1.29 is 4.79 Å². The van der Waals surface area contributed by atoms with Gasteiger partial charge in [0.05, 0.1) is 9.98 Å². The number of hydrogen-bond acceptors (Lipinski definition) is 5. The van der Waals surface area contributed by atoms with Crippen LogP contribution >= 0.6 is 27.3 Å². The minimum absolute atomic E-state index is 0.171. The molecule has 2 rings (SSSR count). The largest absolute Gasteiger partial charge is 0.370 e. The molecule has 0 aliphatic heterocycles. The predicted octanol–water partition coefficient (Wildman–Crippen LogP) is 3.94. The van der Waals surface area contributed by atoms with Crippen molar-refractivity contribution >= 4 is 44.1 Å². The standard InChI is InChI=1S/C14H17BrN4OS/c1-3-5-10-6-9(7-12(18-10)16-4-2)13(20)19-14-17-8-11(15)21-14/h6-8H,3-5H2,1-2H3,(H,16,18)(H,17,19,20). The third-order valence-corrected chi connectivity index (χ3v) is 4.09. The number of pyridine rings is 1. The Bertz CT molecular complexity index is 605. The van der Waals surface area contributed by atoms with E-state index >= 15 is 0 Å². The summed E-state index contributed by atoms with van der Waals surface area (Å²) in [7, 11) is 0. The van der Waals surface area contributed by atoms with E-state index in [1.54, 1.807) is 12.3 Å². The summed E-state index contributed by atoms with van der Waals surface area (Å²) in [6.07, 6.45) is 3.50. The van der Waals surface area contributed by atoms with Crippen molar-refractivity contribution in [3.63, 3.8) is 0 Å². The number of halogens is 1. The fraction of sp³-hybridized carbons (Fsp3) is 0.357. The Hall–Kier alpha value is -1.47. The van der Waals surface area contributed by atoms with Gasteiger partial charge in [-0.15, -0.1) is 0 Å². The van der Waals surface area contributed by atoms with Crippen LogP contribution in [0.15, 0.2) is 22.1 Å². The van der Waals surface area contributed by atoms with E-state index in [1.807, 2.05) is 13.0 Å². The molecule has 0 saturated heterocycles. The Morgan fingerprint density at radius 3 is 2.81 bits per heavy atom. The van der Waals surface area contributed by atoms with Crippen molar-refractivity contribution in [2.24, 2.45) is 0 Å². The smallest absolute Gasteiger partial charge is 0.257 e. The number of aromatic nitrogens is 2. The van der Waals surface area contributed by atoms with E-state index in [0.29, 0.717) is 10.7 Å². The molecule has 5 nitrogen and oxygen atoms in total. The molecular weight excluding hydrogens is 352 g/mol. The summed E-state index contributed by atoms with van der Waals surface area (Å²) < 4.78 is 0.882. The molecule has 2 heterocycles. The Morgan fingerprint density at radius 2 is 2.19 bits per heavy atom. The van der Waals surface area contributed by atoms with E-state index in [9.17, 15) is 4.79 Å². The van der Waals surface area contributed by atoms with Crippen LogP contribution in [0.3, 0.4) is 0 Å². The van der Waals surface area contributed by atoms with Gasteiger partial charge in [0.25, 0.3) is 5.91 Å². The van der Waals surface area contributed by atoms with E-state index in [-0.39, 0.29) is 5.91 Å². The molecule has 0 saturated carbocycles. The molecule has 0 aromatic carbocycles. The van der Waals surface area contributed by atoms with E-state index in [4.69, 9.17) is 0 Å². The molecule has 0 radical (unpaired) electrons. The number of anilines is 2. The van der Waals surface area contributed by atoms with Gasteiger partial charge in [-0.25, -0.2) is 9.97 Å². The number of hydrogen-bond donors (Lipinski definition) is 2. The maximum absolute atomic E-state index is 12.3. The van der Waals surface area contributed by atoms with Crippen LogP contribution in [-0.4, -0.2) is 22.4 Å². The second-order valence-electron chi connectivity index (χ2n) is 4.44. The molecule has 7 heteroatoms. The fourth-order valence-corrected chi connectivity index (χ4v) is 2.96. The van der Waals surface area contributed by atoms with Crippen molar-refractivity contribution in [3.8, 4) is 0 Å². The number of thiazole rings is 1. The highest BCUT2D eigenvalue weighted by molar-refractivity contribution is 9.11. The minimum atomic E-state index is -0.171. The van der Waals surface area contributed by atoms with Crippen LogP contribution in [0.2, 0.25) is 0 Å². The topological polar surface area (TPSA) is 66.9 Å². The number of carbonyl (C=O) groups is 1. The summed E-state index contributed by atoms with van der Waals surface area (Å²) in [6.45, 7) is 4.86. The van der Waals surface area contributed by atoms with Crippen molar-refractivity contribution in [1.29, 1.82) is 0 Å². The summed E-state index contributed by atoms with van der Waals surface area (Å²) in [4.78, 5) is 20.9. The predicted molar refractivity (Wildman–Crippen MR) is 90.2 cm³/mol. The monoisotopic (exact) mass is 368 g/mol. The molecule has 0 atom stereocenters. The molecule has 2 aromatic rings. The zero-order valence-electron chi connectivity index (χ0n) is 11.9. The zero-order valence-corrected chi connectivity index (χ0v) is 14.3. The molecule has 1 amide bonds. The summed E-state index contributed by atoms with van der Waals surface area (Å²) in [6, 6.07) is 3.60. The number of nitrogens with zero attached hydrogens (tertiary/aromatic N) is 2. The first-order chi connectivity index (χ1) is 10.1. The highest BCUT2D eigenvalue weighted by Gasteiger charge is 2.11. The summed E-state index contributed by atoms with van der Waals surface area (Å²) in [5.74, 6) is 0.560. The van der Waals surface area contributed by atoms with E-state index in [0.717, 1.165) is 34.7 Å². The Labute approximate surface area is 136 Å². The van der Waals surface area contributed by atoms with Gasteiger partial charge in [-0.3, -0.25) is 10.1 Å². The number of aryl methyl sites for hydroxylation is 1. The minimum Gasteiger partial charge on any atom is -0.370 e. The van der Waals surface area contributed by atoms with Crippen LogP contribution < -0.4 is 10.6 Å². The molecular formula is C14H17BrN4OS. The molecule has 0 bridgehead atoms. The number of nitrogens with one attached hydrogen (secondary N) is 2. The van der Waals surface area contributed by atoms with E-state index in [2.05, 4.69) is 43.5 Å². The molecule has 0 aliphatic rings. The number of rotatable bonds is 6. The van der Waals surface area contributed by atoms with Gasteiger partial charge in [-0.05, 0) is 41.4 Å². The fourth-order valence-electron chi connectivity index (χ4n) is 1.86. The van der Waals surface area contributed by atoms with Crippen LogP contribution in [0.4, 0.5) is 10.9 Å². The van der Waals surface area contributed by atoms with Crippen molar-refractivity contribution in [2.45, 2.75) is 26.7 Å². The van der Waals surface area contributed by atoms with Crippen LogP contribution in [0.5, 0.6) is 0 Å². The lowest BCUT2D eigenvalue weighted by atomic mass is 10.1. The third kappa shape index (κ3) is 4.50. The molecule has 0 spiro atoms. The van der Waals surface area contributed by atoms with Crippen molar-refractivity contribution in [1.82, 2.24) is 9.97 Å². The van der Waals surface area contributed by atoms with Gasteiger partial charge in [-0.2, -0.15) is 0 Å². The Kier molecular flexibility index (Phi) is 5.69. The van der Waals surface area contributed by atoms with Crippen molar-refractivity contribution in [2.75, 3.05) is 17.2 Å². The molecule has 0 aliphatic carbocycles. The van der Waals surface area contributed by atoms with Crippen LogP contribution in [0.1, 0.15) is 36.3 Å². The molecule has 112 valence electrons. The van der Waals surface area contributed by atoms with Gasteiger partial charge < -0.3 is 5.32 Å². The second-order valence-corrected chi connectivity index (χ2v) is 6.85. The van der Waals surface area contributed by atoms with Crippen LogP contribution in [0.25, 0.3) is 0 Å². The average molecular weight is 369 g/mol. The molecule has 2 N–H and O–H groups in total. The van der Waals surface area contributed by atoms with Gasteiger partial charge in [0.15, 0.2) is 5.13 Å². The lowest BCUT2D eigenvalue weighted by Gasteiger charge is -2.09. The lowest BCUT2D eigenvalue weighted by Crippen LogP contribution is -2.13. The summed E-state index contributed by atoms with van der Waals surface area (Å²) in [5.41, 5.74) is 1.51. The highest BCUT2D eigenvalue weighted by Crippen LogP contribution is 2.24. The maximum Gasteiger partial charge on any atom is 0.257 e. The van der Waals surface area contributed by atoms with Gasteiger partial charge in [-0.1, -0.05) is 24.7 Å². The summed E-state index contributed by atoms with van der Waals surface area (Å²) in [5, 5.41) is 6.53. The maximum atomic E-state index is 12.3. The first-order valence-electron chi connectivity index (χ1n) is 6.80. The zero-order chi connectivity index (χ0) is 15.2. The first kappa shape index (κ1) is 15.9. The quantitative estimate of drug-likeness (QED) is 0.810. The summed E-state index contributed by atoms with van der Waals surface area (Å²) >= 11 is 4.71. The average Bonchev–Trinajstić information content (AvgIpc) is 2.84. The van der Waals surface area contributed by atoms with Gasteiger partial charge >= 0.3 is 0 Å². The van der Waals surface area contributed by atoms with Gasteiger partial charge in [0.2, 0.25) is 0 Å². The van der Waals surface area contributed by atoms with Crippen LogP contribution in [-0.2, 0) is 6.42 Å². The molecule has 0 fully saturated rings. The normalized spacial score (nSPS) is 10.4. The third-order valence-electron chi connectivity index (χ3n) is 2.70. The number of carbonyl (C=O) groups excluding carboxylic acids is 1. The highest BCUT2D eigenvalue weighted by atomic mass is 79.9. The molecule has 21 heavy (non-hydrogen) atoms. The SMILES string of the molecule is CCCc1cc(C(=O)Nc2ncc(Br)s2)cc(NCC)n1. The Balaban J connectivity index is 2.21. The van der Waals surface area contributed by atoms with Gasteiger partial charge in [0, 0.05) is 17.8 Å². The Morgan fingerprint density at radius 1 is 1.38 bits per heavy atom. The molecule has 0 unspecified atom stereocenters. The van der Waals surface area contributed by atoms with Crippen LogP contribution in [0, 0.1) is 0 Å². The second kappa shape index (κ2) is 7.51. The van der Waals surface area contributed by atoms with E-state index in [1.165, 1.54) is 11.3 Å². The number of amides is 1. The van der Waals surface area contributed by atoms with Crippen molar-refractivity contribution in [3.05, 3.63) is 33.4 Å². The lowest BCUT2D eigenvalue weighted by molar-refractivity contribution is 0.102. The first-order valence-corrected chi connectivity index (χ1v) is 8.40.